The molecule has 1 aliphatic rings. The summed E-state index contributed by atoms with van der Waals surface area (Å²) in [5.41, 5.74) is 1.38. The van der Waals surface area contributed by atoms with Crippen molar-refractivity contribution >= 4 is 5.97 Å². The van der Waals surface area contributed by atoms with E-state index in [0.717, 1.165) is 19.3 Å². The zero-order chi connectivity index (χ0) is 11.4. The van der Waals surface area contributed by atoms with Crippen LogP contribution in [-0.4, -0.2) is 23.3 Å². The van der Waals surface area contributed by atoms with Gasteiger partial charge in [0.15, 0.2) is 6.10 Å². The Morgan fingerprint density at radius 3 is 2.67 bits per heavy atom. The Morgan fingerprint density at radius 2 is 2.27 bits per heavy atom. The molecule has 0 aliphatic heterocycles. The number of hydrogen-bond acceptors (Lipinski definition) is 2. The first-order valence-electron chi connectivity index (χ1n) is 5.54. The van der Waals surface area contributed by atoms with E-state index in [4.69, 9.17) is 9.84 Å². The highest BCUT2D eigenvalue weighted by molar-refractivity contribution is 5.72. The second-order valence-electron chi connectivity index (χ2n) is 4.59. The van der Waals surface area contributed by atoms with E-state index in [0.29, 0.717) is 0 Å². The highest BCUT2D eigenvalue weighted by atomic mass is 16.5. The maximum Gasteiger partial charge on any atom is 0.333 e. The summed E-state index contributed by atoms with van der Waals surface area (Å²) in [4.78, 5) is 10.9. The predicted octanol–water partition coefficient (Wildman–Crippen LogP) is 2.61. The molecule has 3 nitrogen and oxygen atoms in total. The molecule has 0 aromatic heterocycles. The smallest absolute Gasteiger partial charge is 0.333 e. The van der Waals surface area contributed by atoms with Crippen LogP contribution in [0, 0.1) is 5.92 Å². The van der Waals surface area contributed by atoms with Crippen LogP contribution in [0.3, 0.4) is 0 Å². The number of hydrogen-bond donors (Lipinski definition) is 1. The number of aliphatic carboxylic acids is 1. The average molecular weight is 212 g/mol. The van der Waals surface area contributed by atoms with Gasteiger partial charge in [-0.25, -0.2) is 4.79 Å². The van der Waals surface area contributed by atoms with Crippen molar-refractivity contribution in [3.05, 3.63) is 11.6 Å². The van der Waals surface area contributed by atoms with Gasteiger partial charge in [0.1, 0.15) is 0 Å². The largest absolute Gasteiger partial charge is 0.479 e. The van der Waals surface area contributed by atoms with Crippen molar-refractivity contribution < 1.29 is 14.6 Å². The second-order valence-corrected chi connectivity index (χ2v) is 4.59. The molecule has 0 saturated carbocycles. The number of rotatable bonds is 4. The van der Waals surface area contributed by atoms with Gasteiger partial charge >= 0.3 is 5.97 Å². The van der Waals surface area contributed by atoms with E-state index in [2.05, 4.69) is 13.0 Å². The van der Waals surface area contributed by atoms with Gasteiger partial charge in [0.25, 0.3) is 0 Å². The Morgan fingerprint density at radius 1 is 1.60 bits per heavy atom. The number of carboxylic acid groups (broad SMARTS) is 1. The van der Waals surface area contributed by atoms with E-state index in [1.165, 1.54) is 5.57 Å². The molecule has 1 rings (SSSR count). The van der Waals surface area contributed by atoms with Crippen molar-refractivity contribution in [3.8, 4) is 0 Å². The maximum atomic E-state index is 10.9. The summed E-state index contributed by atoms with van der Waals surface area (Å²) in [5, 5.41) is 8.99. The first-order valence-corrected chi connectivity index (χ1v) is 5.54. The van der Waals surface area contributed by atoms with E-state index >= 15 is 0 Å². The van der Waals surface area contributed by atoms with Gasteiger partial charge in [-0.1, -0.05) is 25.5 Å². The molecule has 0 saturated heterocycles. The van der Waals surface area contributed by atoms with E-state index < -0.39 is 12.1 Å². The number of carboxylic acids is 1. The molecule has 0 spiro atoms. The minimum Gasteiger partial charge on any atom is -0.479 e. The molecule has 0 fully saturated rings. The number of carbonyl (C=O) groups is 1. The lowest BCUT2D eigenvalue weighted by Gasteiger charge is -2.26. The van der Waals surface area contributed by atoms with Gasteiger partial charge in [0.2, 0.25) is 0 Å². The first-order chi connectivity index (χ1) is 7.00. The Labute approximate surface area is 91.1 Å². The Kier molecular flexibility index (Phi) is 4.33. The summed E-state index contributed by atoms with van der Waals surface area (Å²) in [6.07, 6.45) is 4.38. The van der Waals surface area contributed by atoms with Crippen molar-refractivity contribution in [2.45, 2.75) is 52.2 Å². The Bertz CT molecular complexity index is 256. The van der Waals surface area contributed by atoms with Gasteiger partial charge in [-0.2, -0.15) is 0 Å². The predicted molar refractivity (Wildman–Crippen MR) is 58.7 cm³/mol. The highest BCUT2D eigenvalue weighted by Crippen LogP contribution is 2.22. The van der Waals surface area contributed by atoms with Crippen molar-refractivity contribution in [2.24, 2.45) is 5.92 Å². The number of allylic oxidation sites excluding steroid dienone is 1. The second kappa shape index (κ2) is 5.31. The molecule has 0 bridgehead atoms. The average Bonchev–Trinajstić information content (AvgIpc) is 2.15. The van der Waals surface area contributed by atoms with Crippen LogP contribution >= 0.6 is 0 Å². The SMILES string of the molecule is CC1=CCC(OC(C(=O)O)C(C)C)CC1. The summed E-state index contributed by atoms with van der Waals surface area (Å²) in [6.45, 7) is 5.86. The molecule has 0 amide bonds. The van der Waals surface area contributed by atoms with E-state index in [1.54, 1.807) is 0 Å². The van der Waals surface area contributed by atoms with Crippen LogP contribution in [0.1, 0.15) is 40.0 Å². The lowest BCUT2D eigenvalue weighted by atomic mass is 9.97. The lowest BCUT2D eigenvalue weighted by Crippen LogP contribution is -2.34. The molecule has 2 atom stereocenters. The molecular formula is C12H20O3. The third-order valence-electron chi connectivity index (χ3n) is 2.78. The molecule has 0 aromatic carbocycles. The summed E-state index contributed by atoms with van der Waals surface area (Å²) in [7, 11) is 0. The Hall–Kier alpha value is -0.830. The van der Waals surface area contributed by atoms with Crippen LogP contribution < -0.4 is 0 Å². The summed E-state index contributed by atoms with van der Waals surface area (Å²) in [5.74, 6) is -0.828. The molecule has 1 aliphatic carbocycles. The quantitative estimate of drug-likeness (QED) is 0.729. The van der Waals surface area contributed by atoms with Crippen molar-refractivity contribution in [1.82, 2.24) is 0 Å². The van der Waals surface area contributed by atoms with Crippen LogP contribution in [0.25, 0.3) is 0 Å². The number of ether oxygens (including phenoxy) is 1. The first kappa shape index (κ1) is 12.2. The van der Waals surface area contributed by atoms with E-state index in [9.17, 15) is 4.79 Å². The summed E-state index contributed by atoms with van der Waals surface area (Å²) >= 11 is 0. The van der Waals surface area contributed by atoms with Gasteiger partial charge in [0.05, 0.1) is 6.10 Å². The van der Waals surface area contributed by atoms with Gasteiger partial charge in [0, 0.05) is 0 Å². The molecule has 1 N–H and O–H groups in total. The third-order valence-corrected chi connectivity index (χ3v) is 2.78. The highest BCUT2D eigenvalue weighted by Gasteiger charge is 2.26. The van der Waals surface area contributed by atoms with Gasteiger partial charge in [-0.3, -0.25) is 0 Å². The zero-order valence-corrected chi connectivity index (χ0v) is 9.69. The fraction of sp³-hybridized carbons (Fsp3) is 0.750. The van der Waals surface area contributed by atoms with E-state index in [1.807, 2.05) is 13.8 Å². The van der Waals surface area contributed by atoms with Gasteiger partial charge in [-0.05, 0) is 32.1 Å². The van der Waals surface area contributed by atoms with Crippen LogP contribution in [0.5, 0.6) is 0 Å². The fourth-order valence-electron chi connectivity index (χ4n) is 1.77. The van der Waals surface area contributed by atoms with Crippen LogP contribution in [0.4, 0.5) is 0 Å². The zero-order valence-electron chi connectivity index (χ0n) is 9.69. The van der Waals surface area contributed by atoms with Crippen LogP contribution in [0.2, 0.25) is 0 Å². The van der Waals surface area contributed by atoms with E-state index in [-0.39, 0.29) is 12.0 Å². The van der Waals surface area contributed by atoms with Crippen molar-refractivity contribution in [1.29, 1.82) is 0 Å². The molecule has 15 heavy (non-hydrogen) atoms. The molecule has 86 valence electrons. The molecule has 0 aromatic rings. The van der Waals surface area contributed by atoms with Crippen LogP contribution in [-0.2, 0) is 9.53 Å². The monoisotopic (exact) mass is 212 g/mol. The van der Waals surface area contributed by atoms with Gasteiger partial charge < -0.3 is 9.84 Å². The minimum atomic E-state index is -0.851. The minimum absolute atomic E-state index is 0.0227. The molecule has 3 heteroatoms. The Balaban J connectivity index is 2.49. The van der Waals surface area contributed by atoms with Gasteiger partial charge in [-0.15, -0.1) is 0 Å². The molecule has 0 heterocycles. The topological polar surface area (TPSA) is 46.5 Å². The summed E-state index contributed by atoms with van der Waals surface area (Å²) < 4.78 is 5.62. The molecular weight excluding hydrogens is 192 g/mol. The van der Waals surface area contributed by atoms with Crippen LogP contribution in [0.15, 0.2) is 11.6 Å². The fourth-order valence-corrected chi connectivity index (χ4v) is 1.77. The summed E-state index contributed by atoms with van der Waals surface area (Å²) in [6, 6.07) is 0. The normalized spacial score (nSPS) is 23.7. The third kappa shape index (κ3) is 3.67. The van der Waals surface area contributed by atoms with Crippen molar-refractivity contribution in [2.75, 3.05) is 0 Å². The van der Waals surface area contributed by atoms with Crippen molar-refractivity contribution in [3.63, 3.8) is 0 Å². The molecule has 2 unspecified atom stereocenters. The maximum absolute atomic E-state index is 10.9. The standard InChI is InChI=1S/C12H20O3/c1-8(2)11(12(13)14)15-10-6-4-9(3)5-7-10/h4,8,10-11H,5-7H2,1-3H3,(H,13,14). The molecule has 0 radical (unpaired) electrons. The lowest BCUT2D eigenvalue weighted by molar-refractivity contribution is -0.158.